The first-order chi connectivity index (χ1) is 8.69. The van der Waals surface area contributed by atoms with Crippen LogP contribution in [0.25, 0.3) is 21.5 Å². The molecule has 2 aromatic heterocycles. The van der Waals surface area contributed by atoms with Gasteiger partial charge in [-0.2, -0.15) is 0 Å². The summed E-state index contributed by atoms with van der Waals surface area (Å²) in [7, 11) is 3.98. The largest absolute Gasteiger partial charge is 0.375 e. The Morgan fingerprint density at radius 2 is 2.17 bits per heavy atom. The van der Waals surface area contributed by atoms with Gasteiger partial charge in [0.2, 0.25) is 0 Å². The van der Waals surface area contributed by atoms with Crippen molar-refractivity contribution in [1.29, 1.82) is 0 Å². The lowest BCUT2D eigenvalue weighted by Crippen LogP contribution is -1.95. The fraction of sp³-hybridized carbons (Fsp3) is 0.154. The van der Waals surface area contributed by atoms with Crippen molar-refractivity contribution in [2.45, 2.75) is 0 Å². The molecule has 0 aliphatic heterocycles. The highest BCUT2D eigenvalue weighted by Gasteiger charge is 2.08. The number of benzene rings is 1. The summed E-state index contributed by atoms with van der Waals surface area (Å²) in [6, 6.07) is 8.47. The third-order valence-electron chi connectivity index (χ3n) is 3.02. The van der Waals surface area contributed by atoms with Crippen LogP contribution < -0.4 is 5.32 Å². The zero-order valence-corrected chi connectivity index (χ0v) is 11.6. The van der Waals surface area contributed by atoms with Gasteiger partial charge in [-0.3, -0.25) is 0 Å². The Bertz CT molecular complexity index is 714. The molecular weight excluding hydrogens is 266 g/mol. The lowest BCUT2D eigenvalue weighted by Gasteiger charge is -2.02. The minimum Gasteiger partial charge on any atom is -0.375 e. The van der Waals surface area contributed by atoms with Crippen LogP contribution >= 0.6 is 22.9 Å². The molecule has 2 heterocycles. The van der Waals surface area contributed by atoms with E-state index in [9.17, 15) is 0 Å². The third kappa shape index (κ3) is 1.78. The molecule has 1 aromatic carbocycles. The molecule has 3 rings (SSSR count). The van der Waals surface area contributed by atoms with Crippen LogP contribution in [0.5, 0.6) is 0 Å². The van der Waals surface area contributed by atoms with Crippen LogP contribution in [0.2, 0.25) is 4.34 Å². The lowest BCUT2D eigenvalue weighted by molar-refractivity contribution is 0.972. The molecule has 0 unspecified atom stereocenters. The Hall–Kier alpha value is -1.52. The van der Waals surface area contributed by atoms with Gasteiger partial charge in [-0.05, 0) is 24.3 Å². The number of fused-ring (bicyclic) bond motifs is 1. The predicted molar refractivity (Wildman–Crippen MR) is 78.6 cm³/mol. The average Bonchev–Trinajstić information content (AvgIpc) is 2.93. The van der Waals surface area contributed by atoms with Crippen LogP contribution in [0.4, 0.5) is 5.82 Å². The number of rotatable bonds is 2. The molecule has 92 valence electrons. The maximum Gasteiger partial charge on any atom is 0.124 e. The number of aryl methyl sites for hydroxylation is 1. The Morgan fingerprint density at radius 3 is 2.83 bits per heavy atom. The number of hydrogen-bond donors (Lipinski definition) is 1. The highest BCUT2D eigenvalue weighted by atomic mass is 35.5. The molecule has 0 bridgehead atoms. The molecule has 3 nitrogen and oxygen atoms in total. The molecule has 0 fully saturated rings. The van der Waals surface area contributed by atoms with Gasteiger partial charge in [-0.1, -0.05) is 11.6 Å². The maximum absolute atomic E-state index is 5.92. The molecule has 0 radical (unpaired) electrons. The van der Waals surface area contributed by atoms with Crippen LogP contribution in [-0.4, -0.2) is 16.6 Å². The van der Waals surface area contributed by atoms with Gasteiger partial charge in [0.05, 0.1) is 6.20 Å². The molecule has 0 atom stereocenters. The Kier molecular flexibility index (Phi) is 2.76. The molecule has 3 aromatic rings. The smallest absolute Gasteiger partial charge is 0.124 e. The van der Waals surface area contributed by atoms with E-state index >= 15 is 0 Å². The molecule has 0 aliphatic rings. The number of anilines is 1. The minimum atomic E-state index is 0.717. The van der Waals surface area contributed by atoms with Gasteiger partial charge < -0.3 is 9.88 Å². The molecule has 18 heavy (non-hydrogen) atoms. The standard InChI is InChI=1S/C13H12ClN3S/c1-15-12-6-9-5-8(3-4-10(9)17(12)2)13-16-7-11(14)18-13/h3-7,15H,1-2H3. The summed E-state index contributed by atoms with van der Waals surface area (Å²) in [4.78, 5) is 4.31. The molecule has 5 heteroatoms. The minimum absolute atomic E-state index is 0.717. The fourth-order valence-electron chi connectivity index (χ4n) is 2.11. The number of nitrogens with zero attached hydrogens (tertiary/aromatic N) is 2. The van der Waals surface area contributed by atoms with Crippen LogP contribution in [0.15, 0.2) is 30.5 Å². The second-order valence-electron chi connectivity index (χ2n) is 4.08. The highest BCUT2D eigenvalue weighted by molar-refractivity contribution is 7.18. The summed E-state index contributed by atoms with van der Waals surface area (Å²) in [6.07, 6.45) is 1.69. The van der Waals surface area contributed by atoms with E-state index in [1.54, 1.807) is 6.20 Å². The first-order valence-corrected chi connectivity index (χ1v) is 6.77. The number of nitrogens with one attached hydrogen (secondary N) is 1. The van der Waals surface area contributed by atoms with E-state index in [1.165, 1.54) is 22.2 Å². The van der Waals surface area contributed by atoms with Gasteiger partial charge in [-0.25, -0.2) is 4.98 Å². The van der Waals surface area contributed by atoms with Crippen molar-refractivity contribution in [3.8, 4) is 10.6 Å². The molecule has 1 N–H and O–H groups in total. The van der Waals surface area contributed by atoms with E-state index in [0.29, 0.717) is 4.34 Å². The van der Waals surface area contributed by atoms with Crippen molar-refractivity contribution >= 4 is 39.7 Å². The Balaban J connectivity index is 2.16. The number of hydrogen-bond acceptors (Lipinski definition) is 3. The maximum atomic E-state index is 5.92. The van der Waals surface area contributed by atoms with E-state index in [-0.39, 0.29) is 0 Å². The van der Waals surface area contributed by atoms with E-state index < -0.39 is 0 Å². The van der Waals surface area contributed by atoms with E-state index in [4.69, 9.17) is 11.6 Å². The average molecular weight is 278 g/mol. The number of thiazole rings is 1. The van der Waals surface area contributed by atoms with Gasteiger partial charge in [0.25, 0.3) is 0 Å². The molecule has 0 spiro atoms. The lowest BCUT2D eigenvalue weighted by atomic mass is 10.1. The van der Waals surface area contributed by atoms with E-state index in [0.717, 1.165) is 16.4 Å². The predicted octanol–water partition coefficient (Wildman–Crippen LogP) is 4.00. The SMILES string of the molecule is CNc1cc2cc(-c3ncc(Cl)s3)ccc2n1C. The van der Waals surface area contributed by atoms with Crippen LogP contribution in [-0.2, 0) is 7.05 Å². The molecule has 0 saturated carbocycles. The summed E-state index contributed by atoms with van der Waals surface area (Å²) >= 11 is 7.42. The zero-order chi connectivity index (χ0) is 12.7. The van der Waals surface area contributed by atoms with Crippen LogP contribution in [0.1, 0.15) is 0 Å². The number of aromatic nitrogens is 2. The zero-order valence-electron chi connectivity index (χ0n) is 10.1. The second kappa shape index (κ2) is 4.30. The summed E-state index contributed by atoms with van der Waals surface area (Å²) in [6.45, 7) is 0. The quantitative estimate of drug-likeness (QED) is 0.767. The van der Waals surface area contributed by atoms with Crippen LogP contribution in [0, 0.1) is 0 Å². The van der Waals surface area contributed by atoms with Crippen molar-refractivity contribution in [2.24, 2.45) is 7.05 Å². The Morgan fingerprint density at radius 1 is 1.33 bits per heavy atom. The summed E-state index contributed by atoms with van der Waals surface area (Å²) in [5.74, 6) is 1.10. The van der Waals surface area contributed by atoms with Crippen molar-refractivity contribution < 1.29 is 0 Å². The van der Waals surface area contributed by atoms with E-state index in [1.807, 2.05) is 14.1 Å². The first kappa shape index (κ1) is 11.6. The third-order valence-corrected chi connectivity index (χ3v) is 4.19. The van der Waals surface area contributed by atoms with Gasteiger partial charge in [-0.15, -0.1) is 11.3 Å². The van der Waals surface area contributed by atoms with Crippen LogP contribution in [0.3, 0.4) is 0 Å². The monoisotopic (exact) mass is 277 g/mol. The first-order valence-electron chi connectivity index (χ1n) is 5.58. The van der Waals surface area contributed by atoms with E-state index in [2.05, 4.69) is 39.1 Å². The van der Waals surface area contributed by atoms with Crippen molar-refractivity contribution in [1.82, 2.24) is 9.55 Å². The second-order valence-corrected chi connectivity index (χ2v) is 5.74. The van der Waals surface area contributed by atoms with Gasteiger partial charge >= 0.3 is 0 Å². The van der Waals surface area contributed by atoms with Crippen molar-refractivity contribution in [3.05, 3.63) is 34.8 Å². The molecule has 0 aliphatic carbocycles. The topological polar surface area (TPSA) is 29.9 Å². The number of halogens is 1. The molecule has 0 saturated heterocycles. The normalized spacial score (nSPS) is 11.1. The Labute approximate surface area is 114 Å². The summed E-state index contributed by atoms with van der Waals surface area (Å²) < 4.78 is 2.85. The van der Waals surface area contributed by atoms with Gasteiger partial charge in [0.15, 0.2) is 0 Å². The van der Waals surface area contributed by atoms with Crippen molar-refractivity contribution in [2.75, 3.05) is 12.4 Å². The highest BCUT2D eigenvalue weighted by Crippen LogP contribution is 2.31. The molecular formula is C13H12ClN3S. The van der Waals surface area contributed by atoms with Gasteiger partial charge in [0, 0.05) is 30.6 Å². The molecule has 0 amide bonds. The van der Waals surface area contributed by atoms with Gasteiger partial charge in [0.1, 0.15) is 15.2 Å². The fourth-order valence-corrected chi connectivity index (χ4v) is 3.02. The summed E-state index contributed by atoms with van der Waals surface area (Å²) in [5, 5.41) is 5.33. The summed E-state index contributed by atoms with van der Waals surface area (Å²) in [5.41, 5.74) is 2.30. The van der Waals surface area contributed by atoms with Crippen molar-refractivity contribution in [3.63, 3.8) is 0 Å².